The van der Waals surface area contributed by atoms with E-state index in [1.165, 1.54) is 0 Å². The zero-order valence-corrected chi connectivity index (χ0v) is 5.75. The van der Waals surface area contributed by atoms with Gasteiger partial charge in [-0.3, -0.25) is 0 Å². The Bertz CT molecular complexity index is 169. The summed E-state index contributed by atoms with van der Waals surface area (Å²) in [7, 11) is 0. The summed E-state index contributed by atoms with van der Waals surface area (Å²) in [6.07, 6.45) is 1.78. The highest BCUT2D eigenvalue weighted by Gasteiger charge is 1.70. The molecular formula is C6H7NS. The second-order valence-electron chi connectivity index (χ2n) is 1.22. The molecular weight excluding hydrogens is 118 g/mol. The molecule has 0 fully saturated rings. The molecule has 0 saturated heterocycles. The summed E-state index contributed by atoms with van der Waals surface area (Å²) < 4.78 is 0. The Labute approximate surface area is 54.4 Å². The Balaban J connectivity index is 4.23. The normalized spacial score (nSPS) is 6.25. The van der Waals surface area contributed by atoms with Crippen LogP contribution in [0, 0.1) is 0 Å². The lowest BCUT2D eigenvalue weighted by Crippen LogP contribution is -1.58. The molecule has 0 heterocycles. The highest BCUT2D eigenvalue weighted by Crippen LogP contribution is 1.86. The number of thiocarbonyl (C=S) groups is 1. The number of nitrogens with zero attached hydrogens (tertiary/aromatic N) is 1. The van der Waals surface area contributed by atoms with Crippen molar-refractivity contribution >= 4 is 17.4 Å². The minimum absolute atomic E-state index is 0.766. The van der Waals surface area contributed by atoms with Crippen molar-refractivity contribution in [2.45, 2.75) is 13.8 Å². The maximum Gasteiger partial charge on any atom is 0.0896 e. The van der Waals surface area contributed by atoms with Crippen LogP contribution in [0.15, 0.2) is 22.5 Å². The predicted molar refractivity (Wildman–Crippen MR) is 38.0 cm³/mol. The molecule has 0 N–H and O–H groups in total. The minimum Gasteiger partial charge on any atom is -0.191 e. The van der Waals surface area contributed by atoms with Crippen LogP contribution in [0.25, 0.3) is 0 Å². The van der Waals surface area contributed by atoms with E-state index in [0.717, 1.165) is 5.70 Å². The van der Waals surface area contributed by atoms with E-state index in [1.54, 1.807) is 6.08 Å². The van der Waals surface area contributed by atoms with Crippen LogP contribution in [-0.2, 0) is 0 Å². The summed E-state index contributed by atoms with van der Waals surface area (Å²) in [5, 5.41) is 2.24. The molecule has 1 nitrogen and oxygen atoms in total. The van der Waals surface area contributed by atoms with E-state index in [4.69, 9.17) is 0 Å². The molecule has 2 heteroatoms. The summed E-state index contributed by atoms with van der Waals surface area (Å²) in [6, 6.07) is 0. The van der Waals surface area contributed by atoms with Crippen LogP contribution in [0.5, 0.6) is 0 Å². The molecule has 0 radical (unpaired) electrons. The zero-order chi connectivity index (χ0) is 6.41. The molecule has 8 heavy (non-hydrogen) atoms. The molecule has 0 bridgehead atoms. The van der Waals surface area contributed by atoms with Gasteiger partial charge in [-0.2, -0.15) is 4.99 Å². The van der Waals surface area contributed by atoms with Gasteiger partial charge in [-0.05, 0) is 32.1 Å². The minimum atomic E-state index is 0.766. The Morgan fingerprint density at radius 1 is 1.75 bits per heavy atom. The highest BCUT2D eigenvalue weighted by atomic mass is 32.1. The van der Waals surface area contributed by atoms with E-state index in [9.17, 15) is 0 Å². The molecule has 42 valence electrons. The van der Waals surface area contributed by atoms with Gasteiger partial charge < -0.3 is 0 Å². The van der Waals surface area contributed by atoms with Gasteiger partial charge in [0, 0.05) is 0 Å². The molecule has 0 aliphatic carbocycles. The highest BCUT2D eigenvalue weighted by molar-refractivity contribution is 7.78. The van der Waals surface area contributed by atoms with Gasteiger partial charge in [0.2, 0.25) is 0 Å². The Morgan fingerprint density at radius 2 is 2.38 bits per heavy atom. The molecule has 0 unspecified atom stereocenters. The Kier molecular flexibility index (Phi) is 4.10. The monoisotopic (exact) mass is 125 g/mol. The van der Waals surface area contributed by atoms with E-state index in [0.29, 0.717) is 0 Å². The Hall–Kier alpha value is -0.680. The third-order valence-electron chi connectivity index (χ3n) is 0.567. The van der Waals surface area contributed by atoms with E-state index in [1.807, 2.05) is 13.8 Å². The topological polar surface area (TPSA) is 12.4 Å². The third-order valence-corrected chi connectivity index (χ3v) is 0.658. The van der Waals surface area contributed by atoms with Crippen molar-refractivity contribution in [3.8, 4) is 0 Å². The number of rotatable bonds is 1. The van der Waals surface area contributed by atoms with Gasteiger partial charge >= 0.3 is 0 Å². The largest absolute Gasteiger partial charge is 0.191 e. The van der Waals surface area contributed by atoms with Crippen LogP contribution in [0.2, 0.25) is 0 Å². The van der Waals surface area contributed by atoms with Crippen molar-refractivity contribution in [2.75, 3.05) is 0 Å². The maximum absolute atomic E-state index is 4.35. The van der Waals surface area contributed by atoms with E-state index < -0.39 is 0 Å². The average molecular weight is 125 g/mol. The summed E-state index contributed by atoms with van der Waals surface area (Å²) >= 11 is 4.35. The van der Waals surface area contributed by atoms with E-state index in [-0.39, 0.29) is 0 Å². The quantitative estimate of drug-likeness (QED) is 0.297. The first kappa shape index (κ1) is 7.32. The van der Waals surface area contributed by atoms with Gasteiger partial charge in [0.05, 0.1) is 10.9 Å². The lowest BCUT2D eigenvalue weighted by molar-refractivity contribution is 1.33. The fraction of sp³-hybridized carbons (Fsp3) is 0.333. The maximum atomic E-state index is 4.35. The number of allylic oxidation sites excluding steroid dienone is 1. The van der Waals surface area contributed by atoms with Crippen LogP contribution in [0.4, 0.5) is 0 Å². The lowest BCUT2D eigenvalue weighted by atomic mass is 10.5. The first-order valence-corrected chi connectivity index (χ1v) is 2.68. The van der Waals surface area contributed by atoms with Crippen LogP contribution in [0.3, 0.4) is 0 Å². The van der Waals surface area contributed by atoms with Crippen LogP contribution in [0.1, 0.15) is 13.8 Å². The first-order valence-electron chi connectivity index (χ1n) is 2.27. The molecule has 0 aromatic carbocycles. The fourth-order valence-electron chi connectivity index (χ4n) is 0.310. The van der Waals surface area contributed by atoms with Gasteiger partial charge in [-0.15, -0.1) is 5.73 Å². The van der Waals surface area contributed by atoms with Crippen LogP contribution in [-0.4, -0.2) is 5.16 Å². The Morgan fingerprint density at radius 3 is 2.75 bits per heavy atom. The zero-order valence-electron chi connectivity index (χ0n) is 4.93. The second kappa shape index (κ2) is 4.48. The van der Waals surface area contributed by atoms with Gasteiger partial charge in [0.1, 0.15) is 0 Å². The van der Waals surface area contributed by atoms with Crippen molar-refractivity contribution in [3.05, 3.63) is 17.5 Å². The molecule has 0 rings (SSSR count). The van der Waals surface area contributed by atoms with Gasteiger partial charge in [-0.1, -0.05) is 0 Å². The van der Waals surface area contributed by atoms with Crippen molar-refractivity contribution in [1.29, 1.82) is 0 Å². The number of isothiocyanates is 1. The number of aliphatic imine (C=N–C) groups is 1. The third kappa shape index (κ3) is 3.51. The average Bonchev–Trinajstić information content (AvgIpc) is 1.68. The van der Waals surface area contributed by atoms with E-state index in [2.05, 4.69) is 28.1 Å². The number of hydrogen-bond acceptors (Lipinski definition) is 2. The molecule has 0 aliphatic rings. The lowest BCUT2D eigenvalue weighted by Gasteiger charge is -1.74. The summed E-state index contributed by atoms with van der Waals surface area (Å²) in [6.45, 7) is 3.70. The second-order valence-corrected chi connectivity index (χ2v) is 1.40. The first-order chi connectivity index (χ1) is 3.81. The van der Waals surface area contributed by atoms with Crippen molar-refractivity contribution in [1.82, 2.24) is 0 Å². The summed E-state index contributed by atoms with van der Waals surface area (Å²) in [5.74, 6) is 0. The molecule has 0 aromatic rings. The van der Waals surface area contributed by atoms with Crippen molar-refractivity contribution < 1.29 is 0 Å². The molecule has 0 spiro atoms. The van der Waals surface area contributed by atoms with Crippen LogP contribution >= 0.6 is 12.2 Å². The molecule has 0 aliphatic heterocycles. The molecule has 0 aromatic heterocycles. The van der Waals surface area contributed by atoms with Gasteiger partial charge in [0.15, 0.2) is 0 Å². The standard InChI is InChI=1S/C6H7NS/c1-3-4-6(2)7-5-8/h3H,1-2H3. The molecule has 0 saturated carbocycles. The smallest absolute Gasteiger partial charge is 0.0896 e. The van der Waals surface area contributed by atoms with Crippen LogP contribution < -0.4 is 0 Å². The number of hydrogen-bond donors (Lipinski definition) is 0. The fourth-order valence-corrected chi connectivity index (χ4v) is 0.447. The summed E-state index contributed by atoms with van der Waals surface area (Å²) in [5.41, 5.74) is 3.61. The summed E-state index contributed by atoms with van der Waals surface area (Å²) in [4.78, 5) is 3.65. The van der Waals surface area contributed by atoms with Crippen molar-refractivity contribution in [3.63, 3.8) is 0 Å². The van der Waals surface area contributed by atoms with Gasteiger partial charge in [-0.25, -0.2) is 0 Å². The molecule has 0 atom stereocenters. The molecule has 0 amide bonds. The van der Waals surface area contributed by atoms with Gasteiger partial charge in [0.25, 0.3) is 0 Å². The van der Waals surface area contributed by atoms with E-state index >= 15 is 0 Å². The predicted octanol–water partition coefficient (Wildman–Crippen LogP) is 2.17. The van der Waals surface area contributed by atoms with Crippen molar-refractivity contribution in [2.24, 2.45) is 4.99 Å². The SMILES string of the molecule is CC=C=C(C)N=C=S.